The molecular formula is C13H25Cl2N2O9PRh+2. The molecule has 11 nitrogen and oxygen atoms in total. The maximum atomic E-state index is 12.2. The quantitative estimate of drug-likeness (QED) is 0.131. The minimum Gasteiger partial charge on any atom is -0.479 e. The first kappa shape index (κ1) is 28.6. The van der Waals surface area contributed by atoms with Crippen LogP contribution >= 0.6 is 30.9 Å². The van der Waals surface area contributed by atoms with Crippen LogP contribution in [0.4, 0.5) is 0 Å². The predicted octanol–water partition coefficient (Wildman–Crippen LogP) is -1.25. The van der Waals surface area contributed by atoms with Crippen molar-refractivity contribution in [2.24, 2.45) is 0 Å². The molecule has 2 saturated heterocycles. The summed E-state index contributed by atoms with van der Waals surface area (Å²) in [4.78, 5) is 10.4. The Kier molecular flexibility index (Phi) is 14.1. The number of nitrogens with one attached hydrogen (secondary N) is 1. The molecule has 15 heteroatoms. The van der Waals surface area contributed by atoms with Gasteiger partial charge < -0.3 is 34.8 Å². The van der Waals surface area contributed by atoms with Crippen LogP contribution in [0.1, 0.15) is 6.42 Å². The van der Waals surface area contributed by atoms with E-state index in [9.17, 15) is 9.36 Å². The summed E-state index contributed by atoms with van der Waals surface area (Å²) in [6.45, 7) is 2.31. The van der Waals surface area contributed by atoms with Gasteiger partial charge in [-0.1, -0.05) is 0 Å². The van der Waals surface area contributed by atoms with Crippen molar-refractivity contribution in [3.63, 3.8) is 0 Å². The second-order valence-electron chi connectivity index (χ2n) is 5.70. The van der Waals surface area contributed by atoms with Gasteiger partial charge in [-0.25, -0.2) is 14.6 Å². The van der Waals surface area contributed by atoms with Gasteiger partial charge in [0.05, 0.1) is 6.61 Å². The zero-order chi connectivity index (χ0) is 20.6. The summed E-state index contributed by atoms with van der Waals surface area (Å²) in [7, 11) is -2.84. The number of aliphatic hydroxyl groups excluding tert-OH is 4. The maximum absolute atomic E-state index is 12.2. The van der Waals surface area contributed by atoms with Gasteiger partial charge in [-0.3, -0.25) is 4.57 Å². The smallest absolute Gasteiger partial charge is 0.479 e. The van der Waals surface area contributed by atoms with Crippen molar-refractivity contribution >= 4 is 36.8 Å². The molecule has 2 heterocycles. The zero-order valence-electron chi connectivity index (χ0n) is 14.7. The van der Waals surface area contributed by atoms with Gasteiger partial charge in [0.25, 0.3) is 0 Å². The summed E-state index contributed by atoms with van der Waals surface area (Å²) < 4.78 is 23.5. The van der Waals surface area contributed by atoms with E-state index in [1.165, 1.54) is 0 Å². The van der Waals surface area contributed by atoms with E-state index < -0.39 is 44.3 Å². The minimum absolute atomic E-state index is 0. The Hall–Kier alpha value is 0.583. The number of carbonyl (C=O) groups is 1. The van der Waals surface area contributed by atoms with Crippen LogP contribution in [0, 0.1) is 0 Å². The molecule has 6 atom stereocenters. The van der Waals surface area contributed by atoms with Crippen LogP contribution in [0.2, 0.25) is 0 Å². The van der Waals surface area contributed by atoms with Gasteiger partial charge in [-0.05, 0) is 6.42 Å². The zero-order valence-corrected chi connectivity index (χ0v) is 18.7. The third-order valence-electron chi connectivity index (χ3n) is 3.79. The second-order valence-corrected chi connectivity index (χ2v) is 8.64. The van der Waals surface area contributed by atoms with E-state index >= 15 is 0 Å². The largest absolute Gasteiger partial charge is 2.00 e. The topological polar surface area (TPSA) is 169 Å². The number of carboxylic acid groups (broad SMARTS) is 1. The molecule has 0 amide bonds. The van der Waals surface area contributed by atoms with Crippen LogP contribution in [0.3, 0.4) is 0 Å². The van der Waals surface area contributed by atoms with E-state index in [-0.39, 0.29) is 19.5 Å². The van der Waals surface area contributed by atoms with Crippen molar-refractivity contribution < 1.29 is 63.6 Å². The Morgan fingerprint density at radius 1 is 1.11 bits per heavy atom. The number of aliphatic carboxylic acids is 1. The molecule has 28 heavy (non-hydrogen) atoms. The van der Waals surface area contributed by atoms with Gasteiger partial charge in [0.2, 0.25) is 0 Å². The Labute approximate surface area is 185 Å². The molecule has 1 unspecified atom stereocenters. The second kappa shape index (κ2) is 13.8. The molecule has 0 saturated carbocycles. The fourth-order valence-electron chi connectivity index (χ4n) is 2.34. The molecule has 2 fully saturated rings. The first-order chi connectivity index (χ1) is 12.7. The minimum atomic E-state index is -2.84. The molecule has 167 valence electrons. The molecular weight excluding hydrogens is 533 g/mol. The fraction of sp³-hybridized carbons (Fsp3) is 0.923. The summed E-state index contributed by atoms with van der Waals surface area (Å²) in [5.74, 6) is -0.671. The van der Waals surface area contributed by atoms with Crippen molar-refractivity contribution in [2.75, 3.05) is 38.0 Å². The molecule has 2 rings (SSSR count). The van der Waals surface area contributed by atoms with Crippen molar-refractivity contribution in [1.29, 1.82) is 0 Å². The molecule has 0 bridgehead atoms. The van der Waals surface area contributed by atoms with Gasteiger partial charge in [0, 0.05) is 31.4 Å². The standard InChI is InChI=1S/C7H15Cl2N2O2P.C6H10O7.Rh/c8-2-5-11(6-3-9)14(12)10-4-1-7-13-14;7-1-2(8)4(5(10)11)13-6(12)3(1)9;/h1-7H2,(H,10,12);1-4,6-9,12H,(H,10,11);/q;;+2/t;1-,2-,3+,4-,6+;/m.0./s1. The van der Waals surface area contributed by atoms with Crippen LogP contribution in [0.5, 0.6) is 0 Å². The number of hydrogen-bond acceptors (Lipinski definition) is 8. The molecule has 2 aliphatic rings. The van der Waals surface area contributed by atoms with E-state index in [0.717, 1.165) is 13.0 Å². The van der Waals surface area contributed by atoms with E-state index in [2.05, 4.69) is 9.82 Å². The summed E-state index contributed by atoms with van der Waals surface area (Å²) in [5.41, 5.74) is 0. The molecule has 0 aromatic carbocycles. The average Bonchev–Trinajstić information content (AvgIpc) is 2.63. The van der Waals surface area contributed by atoms with E-state index in [1.54, 1.807) is 4.67 Å². The van der Waals surface area contributed by atoms with E-state index in [4.69, 9.17) is 53.3 Å². The van der Waals surface area contributed by atoms with Crippen molar-refractivity contribution in [1.82, 2.24) is 9.76 Å². The van der Waals surface area contributed by atoms with Gasteiger partial charge in [-0.15, -0.1) is 23.2 Å². The van der Waals surface area contributed by atoms with Crippen molar-refractivity contribution in [3.05, 3.63) is 0 Å². The number of nitrogens with zero attached hydrogens (tertiary/aromatic N) is 1. The molecule has 1 radical (unpaired) electrons. The number of halogens is 2. The molecule has 0 aromatic heterocycles. The van der Waals surface area contributed by atoms with Crippen LogP contribution in [0.15, 0.2) is 0 Å². The third-order valence-corrected chi connectivity index (χ3v) is 6.43. The van der Waals surface area contributed by atoms with Crippen LogP contribution in [-0.2, 0) is 38.1 Å². The Balaban J connectivity index is 0.000000504. The molecule has 0 aromatic rings. The third kappa shape index (κ3) is 8.02. The van der Waals surface area contributed by atoms with Gasteiger partial charge >= 0.3 is 33.1 Å². The Bertz CT molecular complexity index is 508. The SMILES string of the molecule is O=C(O)[C@H]1O[C@@H](O)[C@H](O)[C@@H](O)[C@@H]1O.O=P1(N(CCCl)CCCl)NCCCO1.[Rh+2]. The van der Waals surface area contributed by atoms with E-state index in [1.807, 2.05) is 0 Å². The molecule has 0 aliphatic carbocycles. The first-order valence-electron chi connectivity index (χ1n) is 8.15. The summed E-state index contributed by atoms with van der Waals surface area (Å²) in [5, 5.41) is 47.3. The number of rotatable bonds is 6. The predicted molar refractivity (Wildman–Crippen MR) is 95.7 cm³/mol. The van der Waals surface area contributed by atoms with Crippen LogP contribution in [-0.4, -0.2) is 105 Å². The van der Waals surface area contributed by atoms with Crippen LogP contribution in [0.25, 0.3) is 0 Å². The normalized spacial score (nSPS) is 35.5. The van der Waals surface area contributed by atoms with Crippen LogP contribution < -0.4 is 5.09 Å². The monoisotopic (exact) mass is 557 g/mol. The Morgan fingerprint density at radius 2 is 1.68 bits per heavy atom. The number of alkyl halides is 2. The number of ether oxygens (including phenoxy) is 1. The fourth-order valence-corrected chi connectivity index (χ4v) is 4.99. The van der Waals surface area contributed by atoms with Gasteiger partial charge in [-0.2, -0.15) is 0 Å². The van der Waals surface area contributed by atoms with Gasteiger partial charge in [0.15, 0.2) is 12.4 Å². The molecule has 0 spiro atoms. The summed E-state index contributed by atoms with van der Waals surface area (Å²) >= 11 is 11.2. The van der Waals surface area contributed by atoms with E-state index in [0.29, 0.717) is 31.5 Å². The van der Waals surface area contributed by atoms with Crippen molar-refractivity contribution in [3.8, 4) is 0 Å². The number of hydrogen-bond donors (Lipinski definition) is 6. The number of aliphatic hydroxyl groups is 4. The van der Waals surface area contributed by atoms with Crippen molar-refractivity contribution in [2.45, 2.75) is 37.1 Å². The summed E-state index contributed by atoms with van der Waals surface area (Å²) in [6, 6.07) is 0. The molecule has 6 N–H and O–H groups in total. The maximum Gasteiger partial charge on any atom is 2.00 e. The molecule has 2 aliphatic heterocycles. The Morgan fingerprint density at radius 3 is 2.11 bits per heavy atom. The van der Waals surface area contributed by atoms with Gasteiger partial charge in [0.1, 0.15) is 18.3 Å². The summed E-state index contributed by atoms with van der Waals surface area (Å²) in [6.07, 6.45) is -7.83. The first-order valence-corrected chi connectivity index (χ1v) is 10.8. The number of carboxylic acids is 1. The average molecular weight is 558 g/mol.